The van der Waals surface area contributed by atoms with Crippen LogP contribution in [0.4, 0.5) is 34.1 Å². The van der Waals surface area contributed by atoms with E-state index in [2.05, 4.69) is 271 Å². The molecular weight excluding hydrogens is 850 g/mol. The highest BCUT2D eigenvalue weighted by molar-refractivity contribution is 9.10. The molecule has 1 heterocycles. The van der Waals surface area contributed by atoms with Crippen molar-refractivity contribution in [3.8, 4) is 27.9 Å². The summed E-state index contributed by atoms with van der Waals surface area (Å²) >= 11 is 7.38. The van der Waals surface area contributed by atoms with Gasteiger partial charge in [-0.3, -0.25) is 0 Å². The number of rotatable bonds is 9. The van der Waals surface area contributed by atoms with E-state index >= 15 is 0 Å². The maximum absolute atomic E-state index is 3.69. The van der Waals surface area contributed by atoms with E-state index in [0.29, 0.717) is 0 Å². The van der Waals surface area contributed by atoms with Gasteiger partial charge in [0.05, 0.1) is 22.4 Å². The summed E-state index contributed by atoms with van der Waals surface area (Å²) in [4.78, 5) is 4.77. The fraction of sp³-hybridized carbons (Fsp3) is 0. The molecule has 0 saturated carbocycles. The Morgan fingerprint density at radius 1 is 0.322 bits per heavy atom. The van der Waals surface area contributed by atoms with Crippen molar-refractivity contribution in [3.05, 3.63) is 233 Å². The molecule has 0 aliphatic carbocycles. The van der Waals surface area contributed by atoms with E-state index in [1.54, 1.807) is 0 Å². The molecule has 9 aromatic carbocycles. The van der Waals surface area contributed by atoms with Crippen LogP contribution >= 0.6 is 31.9 Å². The second kappa shape index (κ2) is 15.9. The Balaban J connectivity index is 1.23. The lowest BCUT2D eigenvalue weighted by atomic mass is 10.0. The topological polar surface area (TPSA) is 11.4 Å². The molecule has 0 aliphatic rings. The molecule has 0 bridgehead atoms. The highest BCUT2D eigenvalue weighted by Crippen LogP contribution is 2.46. The molecule has 59 heavy (non-hydrogen) atoms. The summed E-state index contributed by atoms with van der Waals surface area (Å²) in [6, 6.07) is 80.4. The third-order valence-electron chi connectivity index (χ3n) is 10.9. The van der Waals surface area contributed by atoms with E-state index in [-0.39, 0.29) is 0 Å². The van der Waals surface area contributed by atoms with Gasteiger partial charge in [-0.25, -0.2) is 0 Å². The first-order chi connectivity index (χ1) is 29.1. The molecule has 10 rings (SSSR count). The van der Waals surface area contributed by atoms with Crippen molar-refractivity contribution in [1.82, 2.24) is 4.57 Å². The molecule has 0 atom stereocenters. The van der Waals surface area contributed by atoms with Gasteiger partial charge in [0.2, 0.25) is 0 Å². The molecule has 0 spiro atoms. The van der Waals surface area contributed by atoms with Crippen molar-refractivity contribution in [2.24, 2.45) is 0 Å². The molecule has 0 unspecified atom stereocenters. The standard InChI is InChI=1S/C54H37Br2N3/c55-40-24-28-43(29-25-40)57(51-22-12-10-20-47(51)38-14-4-1-5-15-38)45-32-34-53-49(36-45)50-37-46(33-35-54(50)59(53)42-18-8-3-9-19-42)58(44-30-26-41(56)27-31-44)52-23-13-11-21-48(52)39-16-6-2-7-17-39/h1-37H. The number of benzene rings is 9. The Hall–Kier alpha value is -6.66. The van der Waals surface area contributed by atoms with Crippen LogP contribution in [-0.2, 0) is 0 Å². The maximum atomic E-state index is 3.69. The van der Waals surface area contributed by atoms with Crippen molar-refractivity contribution in [1.29, 1.82) is 0 Å². The van der Waals surface area contributed by atoms with E-state index in [1.807, 2.05) is 0 Å². The fourth-order valence-corrected chi connectivity index (χ4v) is 8.76. The number of halogens is 2. The number of nitrogens with zero attached hydrogens (tertiary/aromatic N) is 3. The minimum absolute atomic E-state index is 1.04. The molecule has 0 aliphatic heterocycles. The second-order valence-corrected chi connectivity index (χ2v) is 16.3. The fourth-order valence-electron chi connectivity index (χ4n) is 8.23. The van der Waals surface area contributed by atoms with E-state index in [0.717, 1.165) is 81.7 Å². The average Bonchev–Trinajstić information content (AvgIpc) is 3.62. The molecule has 3 nitrogen and oxygen atoms in total. The highest BCUT2D eigenvalue weighted by atomic mass is 79.9. The third kappa shape index (κ3) is 7.03. The normalized spacial score (nSPS) is 11.2. The summed E-state index contributed by atoms with van der Waals surface area (Å²) in [6.45, 7) is 0. The van der Waals surface area contributed by atoms with E-state index in [1.165, 1.54) is 11.1 Å². The molecule has 1 aromatic heterocycles. The predicted molar refractivity (Wildman–Crippen MR) is 256 cm³/mol. The van der Waals surface area contributed by atoms with Gasteiger partial charge in [0, 0.05) is 59.3 Å². The van der Waals surface area contributed by atoms with Crippen LogP contribution < -0.4 is 9.80 Å². The average molecular weight is 888 g/mol. The van der Waals surface area contributed by atoms with Gasteiger partial charge in [-0.2, -0.15) is 0 Å². The predicted octanol–water partition coefficient (Wildman–Crippen LogP) is 16.6. The van der Waals surface area contributed by atoms with Crippen LogP contribution in [0.2, 0.25) is 0 Å². The number of para-hydroxylation sites is 3. The highest BCUT2D eigenvalue weighted by Gasteiger charge is 2.22. The van der Waals surface area contributed by atoms with Gasteiger partial charge in [0.25, 0.3) is 0 Å². The van der Waals surface area contributed by atoms with E-state index in [4.69, 9.17) is 0 Å². The summed E-state index contributed by atoms with van der Waals surface area (Å²) in [6.07, 6.45) is 0. The second-order valence-electron chi connectivity index (χ2n) is 14.5. The van der Waals surface area contributed by atoms with Crippen molar-refractivity contribution in [2.45, 2.75) is 0 Å². The molecule has 0 saturated heterocycles. The lowest BCUT2D eigenvalue weighted by Gasteiger charge is -2.28. The zero-order valence-electron chi connectivity index (χ0n) is 32.0. The van der Waals surface area contributed by atoms with Crippen molar-refractivity contribution >= 4 is 87.8 Å². The summed E-state index contributed by atoms with van der Waals surface area (Å²) in [5.41, 5.74) is 14.5. The lowest BCUT2D eigenvalue weighted by molar-refractivity contribution is 1.18. The SMILES string of the molecule is Brc1ccc(N(c2ccc3c(c2)c2cc(N(c4ccc(Br)cc4)c4ccccc4-c4ccccc4)ccc2n3-c2ccccc2)c2ccccc2-c2ccccc2)cc1. The van der Waals surface area contributed by atoms with Crippen molar-refractivity contribution in [2.75, 3.05) is 9.80 Å². The Kier molecular flexibility index (Phi) is 9.91. The van der Waals surface area contributed by atoms with Crippen LogP contribution in [0, 0.1) is 0 Å². The first-order valence-corrected chi connectivity index (χ1v) is 21.2. The maximum Gasteiger partial charge on any atom is 0.0542 e. The van der Waals surface area contributed by atoms with Gasteiger partial charge in [0.15, 0.2) is 0 Å². The Bertz CT molecular complexity index is 2860. The number of hydrogen-bond acceptors (Lipinski definition) is 2. The molecule has 10 aromatic rings. The van der Waals surface area contributed by atoms with Crippen LogP contribution in [0.5, 0.6) is 0 Å². The molecule has 5 heteroatoms. The summed E-state index contributed by atoms with van der Waals surface area (Å²) in [7, 11) is 0. The van der Waals surface area contributed by atoms with Crippen LogP contribution in [0.1, 0.15) is 0 Å². The minimum Gasteiger partial charge on any atom is -0.310 e. The van der Waals surface area contributed by atoms with Crippen molar-refractivity contribution in [3.63, 3.8) is 0 Å². The van der Waals surface area contributed by atoms with Crippen molar-refractivity contribution < 1.29 is 0 Å². The zero-order chi connectivity index (χ0) is 39.7. The molecule has 0 N–H and O–H groups in total. The quantitative estimate of drug-likeness (QED) is 0.143. The monoisotopic (exact) mass is 885 g/mol. The van der Waals surface area contributed by atoms with Crippen LogP contribution in [-0.4, -0.2) is 4.57 Å². The number of anilines is 6. The van der Waals surface area contributed by atoms with Crippen LogP contribution in [0.25, 0.3) is 49.7 Å². The van der Waals surface area contributed by atoms with E-state index in [9.17, 15) is 0 Å². The lowest BCUT2D eigenvalue weighted by Crippen LogP contribution is -2.11. The third-order valence-corrected chi connectivity index (χ3v) is 11.9. The van der Waals surface area contributed by atoms with Gasteiger partial charge in [-0.1, -0.05) is 147 Å². The first-order valence-electron chi connectivity index (χ1n) is 19.6. The number of fused-ring (bicyclic) bond motifs is 3. The van der Waals surface area contributed by atoms with Gasteiger partial charge < -0.3 is 14.4 Å². The summed E-state index contributed by atoms with van der Waals surface area (Å²) in [5.74, 6) is 0. The van der Waals surface area contributed by atoms with Gasteiger partial charge in [-0.05, 0) is 120 Å². The molecule has 282 valence electrons. The van der Waals surface area contributed by atoms with Gasteiger partial charge in [0.1, 0.15) is 0 Å². The first kappa shape index (κ1) is 36.7. The molecule has 0 amide bonds. The summed E-state index contributed by atoms with van der Waals surface area (Å²) < 4.78 is 4.47. The number of aromatic nitrogens is 1. The Morgan fingerprint density at radius 3 is 1.10 bits per heavy atom. The Morgan fingerprint density at radius 2 is 0.678 bits per heavy atom. The van der Waals surface area contributed by atoms with Gasteiger partial charge >= 0.3 is 0 Å². The molecule has 0 fully saturated rings. The zero-order valence-corrected chi connectivity index (χ0v) is 35.1. The minimum atomic E-state index is 1.04. The van der Waals surface area contributed by atoms with E-state index < -0.39 is 0 Å². The molecular formula is C54H37Br2N3. The molecule has 0 radical (unpaired) electrons. The number of hydrogen-bond donors (Lipinski definition) is 0. The Labute approximate surface area is 361 Å². The van der Waals surface area contributed by atoms with Crippen LogP contribution in [0.15, 0.2) is 233 Å². The van der Waals surface area contributed by atoms with Crippen LogP contribution in [0.3, 0.4) is 0 Å². The smallest absolute Gasteiger partial charge is 0.0542 e. The van der Waals surface area contributed by atoms with Gasteiger partial charge in [-0.15, -0.1) is 0 Å². The summed E-state index contributed by atoms with van der Waals surface area (Å²) in [5, 5.41) is 2.32. The largest absolute Gasteiger partial charge is 0.310 e.